The summed E-state index contributed by atoms with van der Waals surface area (Å²) in [5.41, 5.74) is 0. The van der Waals surface area contributed by atoms with E-state index in [2.05, 4.69) is 57.2 Å². The summed E-state index contributed by atoms with van der Waals surface area (Å²) >= 11 is 0. The molecule has 0 saturated carbocycles. The van der Waals surface area contributed by atoms with Crippen molar-refractivity contribution in [2.24, 2.45) is 0 Å². The summed E-state index contributed by atoms with van der Waals surface area (Å²) in [4.78, 5) is 38.2. The molecule has 0 spiro atoms. The highest BCUT2D eigenvalue weighted by atomic mass is 16.6. The fourth-order valence-corrected chi connectivity index (χ4v) is 9.30. The largest absolute Gasteiger partial charge is 0.462 e. The molecule has 0 aromatic rings. The number of esters is 3. The molecular weight excluding hydrogens is 877 g/mol. The number of ether oxygens (including phenoxy) is 3. The SMILES string of the molecule is CCCC/C=C\CCCCCCCC(=O)OC(COC(=O)CCCCCCCCCCCCC/C=C\CCCCCCCC)COC(=O)CCCCCCCCCCCCC/C=C\CCCCCCCC. The van der Waals surface area contributed by atoms with Crippen molar-refractivity contribution >= 4 is 17.9 Å². The number of hydrogen-bond acceptors (Lipinski definition) is 6. The van der Waals surface area contributed by atoms with E-state index in [4.69, 9.17) is 14.2 Å². The lowest BCUT2D eigenvalue weighted by molar-refractivity contribution is -0.167. The second kappa shape index (κ2) is 60.2. The molecule has 0 bridgehead atoms. The molecule has 0 fully saturated rings. The van der Waals surface area contributed by atoms with Crippen LogP contribution in [0.5, 0.6) is 0 Å². The van der Waals surface area contributed by atoms with Crippen LogP contribution >= 0.6 is 0 Å². The molecule has 0 saturated heterocycles. The molecule has 71 heavy (non-hydrogen) atoms. The number of carbonyl (C=O) groups is 3. The van der Waals surface area contributed by atoms with Gasteiger partial charge in [0.15, 0.2) is 6.10 Å². The van der Waals surface area contributed by atoms with Crippen molar-refractivity contribution in [1.82, 2.24) is 0 Å². The van der Waals surface area contributed by atoms with E-state index in [0.29, 0.717) is 19.3 Å². The summed E-state index contributed by atoms with van der Waals surface area (Å²) < 4.78 is 16.9. The summed E-state index contributed by atoms with van der Waals surface area (Å²) in [7, 11) is 0. The van der Waals surface area contributed by atoms with Gasteiger partial charge in [0.1, 0.15) is 13.2 Å². The summed E-state index contributed by atoms with van der Waals surface area (Å²) in [6.45, 7) is 6.64. The molecule has 0 aliphatic carbocycles. The lowest BCUT2D eigenvalue weighted by Crippen LogP contribution is -2.30. The van der Waals surface area contributed by atoms with E-state index in [0.717, 1.165) is 70.6 Å². The molecule has 0 rings (SSSR count). The first kappa shape index (κ1) is 68.6. The summed E-state index contributed by atoms with van der Waals surface area (Å²) in [6.07, 6.45) is 73.0. The lowest BCUT2D eigenvalue weighted by Gasteiger charge is -2.18. The normalized spacial score (nSPS) is 11.8. The van der Waals surface area contributed by atoms with Crippen LogP contribution in [0, 0.1) is 0 Å². The molecule has 0 amide bonds. The number of rotatable bonds is 58. The van der Waals surface area contributed by atoms with Crippen molar-refractivity contribution in [3.63, 3.8) is 0 Å². The van der Waals surface area contributed by atoms with Gasteiger partial charge in [-0.1, -0.05) is 269 Å². The van der Waals surface area contributed by atoms with Crippen molar-refractivity contribution in [1.29, 1.82) is 0 Å². The Balaban J connectivity index is 4.22. The maximum atomic E-state index is 12.8. The third kappa shape index (κ3) is 58.4. The minimum absolute atomic E-state index is 0.0731. The fraction of sp³-hybridized carbons (Fsp3) is 0.862. The molecule has 0 N–H and O–H groups in total. The van der Waals surface area contributed by atoms with E-state index in [1.807, 2.05) is 0 Å². The zero-order valence-electron chi connectivity index (χ0n) is 47.8. The van der Waals surface area contributed by atoms with Crippen LogP contribution in [0.15, 0.2) is 36.5 Å². The molecule has 0 unspecified atom stereocenters. The van der Waals surface area contributed by atoms with Crippen LogP contribution in [0.3, 0.4) is 0 Å². The van der Waals surface area contributed by atoms with Gasteiger partial charge in [-0.25, -0.2) is 0 Å². The summed E-state index contributed by atoms with van der Waals surface area (Å²) in [6, 6.07) is 0. The van der Waals surface area contributed by atoms with E-state index >= 15 is 0 Å². The number of carbonyl (C=O) groups excluding carboxylic acids is 3. The minimum atomic E-state index is -0.775. The van der Waals surface area contributed by atoms with Gasteiger partial charge in [-0.05, 0) is 89.9 Å². The first-order chi connectivity index (χ1) is 35.0. The molecule has 6 nitrogen and oxygen atoms in total. The smallest absolute Gasteiger partial charge is 0.306 e. The Morgan fingerprint density at radius 3 is 0.746 bits per heavy atom. The van der Waals surface area contributed by atoms with Crippen LogP contribution in [0.4, 0.5) is 0 Å². The Bertz CT molecular complexity index is 1120. The molecule has 0 heterocycles. The number of allylic oxidation sites excluding steroid dienone is 6. The first-order valence-corrected chi connectivity index (χ1v) is 31.5. The summed E-state index contributed by atoms with van der Waals surface area (Å²) in [5, 5.41) is 0. The van der Waals surface area contributed by atoms with Crippen LogP contribution in [-0.2, 0) is 28.6 Å². The van der Waals surface area contributed by atoms with Crippen molar-refractivity contribution < 1.29 is 28.6 Å². The van der Waals surface area contributed by atoms with Gasteiger partial charge >= 0.3 is 17.9 Å². The van der Waals surface area contributed by atoms with Gasteiger partial charge in [0, 0.05) is 19.3 Å². The standard InChI is InChI=1S/C65H120O6/c1-4-7-10-13-16-19-22-24-26-28-30-32-34-36-38-40-43-45-48-51-54-57-63(66)69-60-62(71-65(68)59-56-53-50-47-42-21-18-15-12-9-6-3)61-70-64(67)58-55-52-49-46-44-41-39-37-35-33-31-29-27-25-23-20-17-14-11-8-5-2/h15,18,24-27,62H,4-14,16-17,19-23,28-61H2,1-3H3/b18-15-,26-24-,27-25-. The van der Waals surface area contributed by atoms with Crippen LogP contribution in [0.2, 0.25) is 0 Å². The van der Waals surface area contributed by atoms with Crippen molar-refractivity contribution in [3.8, 4) is 0 Å². The van der Waals surface area contributed by atoms with E-state index in [9.17, 15) is 14.4 Å². The highest BCUT2D eigenvalue weighted by Crippen LogP contribution is 2.17. The maximum absolute atomic E-state index is 12.8. The van der Waals surface area contributed by atoms with E-state index in [-0.39, 0.29) is 31.1 Å². The first-order valence-electron chi connectivity index (χ1n) is 31.5. The van der Waals surface area contributed by atoms with Gasteiger partial charge in [-0.15, -0.1) is 0 Å². The average molecular weight is 998 g/mol. The van der Waals surface area contributed by atoms with Gasteiger partial charge in [-0.2, -0.15) is 0 Å². The fourth-order valence-electron chi connectivity index (χ4n) is 9.30. The quantitative estimate of drug-likeness (QED) is 0.0261. The molecule has 0 radical (unpaired) electrons. The molecule has 0 atom stereocenters. The third-order valence-electron chi connectivity index (χ3n) is 14.1. The van der Waals surface area contributed by atoms with Crippen LogP contribution < -0.4 is 0 Å². The monoisotopic (exact) mass is 997 g/mol. The van der Waals surface area contributed by atoms with E-state index in [1.165, 1.54) is 231 Å². The second-order valence-electron chi connectivity index (χ2n) is 21.3. The van der Waals surface area contributed by atoms with Crippen molar-refractivity contribution in [3.05, 3.63) is 36.5 Å². The molecule has 6 heteroatoms. The highest BCUT2D eigenvalue weighted by molar-refractivity contribution is 5.71. The maximum Gasteiger partial charge on any atom is 0.306 e. The number of unbranched alkanes of at least 4 members (excludes halogenated alkanes) is 41. The molecule has 0 aliphatic heterocycles. The van der Waals surface area contributed by atoms with Gasteiger partial charge in [0.25, 0.3) is 0 Å². The Labute approximate surface area is 442 Å². The van der Waals surface area contributed by atoms with Crippen LogP contribution in [0.25, 0.3) is 0 Å². The van der Waals surface area contributed by atoms with Crippen LogP contribution in [-0.4, -0.2) is 37.2 Å². The Morgan fingerprint density at radius 1 is 0.268 bits per heavy atom. The zero-order valence-corrected chi connectivity index (χ0v) is 47.8. The van der Waals surface area contributed by atoms with Gasteiger partial charge in [-0.3, -0.25) is 14.4 Å². The summed E-state index contributed by atoms with van der Waals surface area (Å²) in [5.74, 6) is -0.865. The van der Waals surface area contributed by atoms with Gasteiger partial charge in [0.2, 0.25) is 0 Å². The van der Waals surface area contributed by atoms with Gasteiger partial charge < -0.3 is 14.2 Å². The lowest BCUT2D eigenvalue weighted by atomic mass is 10.0. The zero-order chi connectivity index (χ0) is 51.4. The molecule has 0 aromatic carbocycles. The predicted octanol–water partition coefficient (Wildman–Crippen LogP) is 21.2. The van der Waals surface area contributed by atoms with Crippen molar-refractivity contribution in [2.45, 2.75) is 348 Å². The van der Waals surface area contributed by atoms with E-state index in [1.54, 1.807) is 0 Å². The molecule has 0 aliphatic rings. The molecule has 416 valence electrons. The molecular formula is C65H120O6. The highest BCUT2D eigenvalue weighted by Gasteiger charge is 2.19. The average Bonchev–Trinajstić information content (AvgIpc) is 3.37. The second-order valence-corrected chi connectivity index (χ2v) is 21.3. The minimum Gasteiger partial charge on any atom is -0.462 e. The predicted molar refractivity (Wildman–Crippen MR) is 307 cm³/mol. The Morgan fingerprint density at radius 2 is 0.479 bits per heavy atom. The van der Waals surface area contributed by atoms with Crippen molar-refractivity contribution in [2.75, 3.05) is 13.2 Å². The topological polar surface area (TPSA) is 78.9 Å². The number of hydrogen-bond donors (Lipinski definition) is 0. The molecule has 0 aromatic heterocycles. The van der Waals surface area contributed by atoms with Crippen LogP contribution in [0.1, 0.15) is 342 Å². The Hall–Kier alpha value is -2.37. The third-order valence-corrected chi connectivity index (χ3v) is 14.1. The Kier molecular flexibility index (Phi) is 58.2. The van der Waals surface area contributed by atoms with Gasteiger partial charge in [0.05, 0.1) is 0 Å². The van der Waals surface area contributed by atoms with E-state index < -0.39 is 6.10 Å².